The molecule has 0 spiro atoms. The molecule has 0 amide bonds. The van der Waals surface area contributed by atoms with E-state index in [0.29, 0.717) is 18.6 Å². The maximum atomic E-state index is 9.14. The summed E-state index contributed by atoms with van der Waals surface area (Å²) >= 11 is 1.60. The summed E-state index contributed by atoms with van der Waals surface area (Å²) in [5.41, 5.74) is 3.03. The van der Waals surface area contributed by atoms with Crippen molar-refractivity contribution in [2.24, 2.45) is 0 Å². The topological polar surface area (TPSA) is 79.6 Å². The molecule has 0 aliphatic rings. The number of thioether (sulfide) groups is 1. The van der Waals surface area contributed by atoms with E-state index in [2.05, 4.69) is 24.7 Å². The number of rotatable bonds is 7. The predicted molar refractivity (Wildman–Crippen MR) is 102 cm³/mol. The van der Waals surface area contributed by atoms with Gasteiger partial charge in [-0.1, -0.05) is 42.1 Å². The van der Waals surface area contributed by atoms with Gasteiger partial charge in [0.1, 0.15) is 11.6 Å². The zero-order chi connectivity index (χ0) is 17.8. The third-order valence-electron chi connectivity index (χ3n) is 4.05. The maximum Gasteiger partial charge on any atom is 0.196 e. The summed E-state index contributed by atoms with van der Waals surface area (Å²) in [6, 6.07) is 18.1. The smallest absolute Gasteiger partial charge is 0.196 e. The Kier molecular flexibility index (Phi) is 4.99. The zero-order valence-electron chi connectivity index (χ0n) is 14.2. The number of H-pyrrole nitrogens is 1. The normalized spacial score (nSPS) is 11.3. The predicted octanol–water partition coefficient (Wildman–Crippen LogP) is 3.36. The first kappa shape index (κ1) is 16.8. The minimum Gasteiger partial charge on any atom is -0.396 e. The number of imidazole rings is 1. The molecule has 0 aliphatic carbocycles. The van der Waals surface area contributed by atoms with E-state index in [1.54, 1.807) is 11.8 Å². The van der Waals surface area contributed by atoms with Crippen LogP contribution in [0.3, 0.4) is 0 Å². The van der Waals surface area contributed by atoms with Crippen LogP contribution in [0.4, 0.5) is 0 Å². The van der Waals surface area contributed by atoms with Crippen LogP contribution in [0.15, 0.2) is 59.8 Å². The fourth-order valence-electron chi connectivity index (χ4n) is 2.84. The number of nitrogens with one attached hydrogen (secondary N) is 1. The van der Waals surface area contributed by atoms with Gasteiger partial charge >= 0.3 is 0 Å². The minimum absolute atomic E-state index is 0.142. The van der Waals surface area contributed by atoms with Gasteiger partial charge < -0.3 is 10.1 Å². The molecule has 26 heavy (non-hydrogen) atoms. The van der Waals surface area contributed by atoms with Crippen molar-refractivity contribution in [3.8, 4) is 5.69 Å². The summed E-state index contributed by atoms with van der Waals surface area (Å²) in [6.45, 7) is 0.142. The second kappa shape index (κ2) is 7.72. The second-order valence-electron chi connectivity index (χ2n) is 5.89. The van der Waals surface area contributed by atoms with Crippen molar-refractivity contribution < 1.29 is 5.11 Å². The number of fused-ring (bicyclic) bond motifs is 1. The largest absolute Gasteiger partial charge is 0.396 e. The highest BCUT2D eigenvalue weighted by atomic mass is 32.2. The van der Waals surface area contributed by atoms with Crippen molar-refractivity contribution >= 4 is 22.8 Å². The highest BCUT2D eigenvalue weighted by Crippen LogP contribution is 2.25. The molecule has 0 atom stereocenters. The Hall–Kier alpha value is -2.64. The number of aliphatic hydroxyl groups excluding tert-OH is 1. The van der Waals surface area contributed by atoms with Crippen LogP contribution in [0.2, 0.25) is 0 Å². The van der Waals surface area contributed by atoms with Crippen molar-refractivity contribution in [1.29, 1.82) is 0 Å². The molecule has 7 heteroatoms. The highest BCUT2D eigenvalue weighted by Gasteiger charge is 2.15. The lowest BCUT2D eigenvalue weighted by atomic mass is 10.3. The summed E-state index contributed by atoms with van der Waals surface area (Å²) in [7, 11) is 0. The molecule has 132 valence electrons. The Bertz CT molecular complexity index is 963. The summed E-state index contributed by atoms with van der Waals surface area (Å²) in [5, 5.41) is 18.7. The molecular weight excluding hydrogens is 346 g/mol. The first-order valence-corrected chi connectivity index (χ1v) is 9.51. The summed E-state index contributed by atoms with van der Waals surface area (Å²) < 4.78 is 2.06. The van der Waals surface area contributed by atoms with E-state index >= 15 is 0 Å². The highest BCUT2D eigenvalue weighted by molar-refractivity contribution is 7.98. The van der Waals surface area contributed by atoms with Crippen molar-refractivity contribution in [1.82, 2.24) is 24.7 Å². The number of hydrogen-bond acceptors (Lipinski definition) is 5. The van der Waals surface area contributed by atoms with Crippen LogP contribution in [0.1, 0.15) is 18.1 Å². The van der Waals surface area contributed by atoms with Gasteiger partial charge in [0.2, 0.25) is 0 Å². The van der Waals surface area contributed by atoms with Crippen molar-refractivity contribution in [3.05, 3.63) is 66.2 Å². The van der Waals surface area contributed by atoms with Crippen molar-refractivity contribution in [2.45, 2.75) is 23.8 Å². The number of hydrogen-bond donors (Lipinski definition) is 2. The van der Waals surface area contributed by atoms with Gasteiger partial charge in [0.25, 0.3) is 0 Å². The van der Waals surface area contributed by atoms with E-state index in [1.807, 2.05) is 54.6 Å². The van der Waals surface area contributed by atoms with Crippen LogP contribution in [0.25, 0.3) is 16.7 Å². The Morgan fingerprint density at radius 2 is 1.81 bits per heavy atom. The van der Waals surface area contributed by atoms with E-state index < -0.39 is 0 Å². The van der Waals surface area contributed by atoms with Crippen molar-refractivity contribution in [2.75, 3.05) is 6.61 Å². The van der Waals surface area contributed by atoms with Crippen LogP contribution >= 0.6 is 11.8 Å². The average molecular weight is 365 g/mol. The Morgan fingerprint density at radius 1 is 1.00 bits per heavy atom. The number of aliphatic hydroxyl groups is 1. The fraction of sp³-hybridized carbons (Fsp3) is 0.211. The molecule has 4 aromatic rings. The molecule has 0 fully saturated rings. The lowest BCUT2D eigenvalue weighted by Gasteiger charge is -2.09. The first-order valence-electron chi connectivity index (χ1n) is 8.52. The maximum absolute atomic E-state index is 9.14. The van der Waals surface area contributed by atoms with Gasteiger partial charge in [0.05, 0.1) is 16.8 Å². The SMILES string of the molecule is OCCCc1nnc(SCc2nc3ccccc3[nH]2)n1-c1ccccc1. The monoisotopic (exact) mass is 365 g/mol. The lowest BCUT2D eigenvalue weighted by Crippen LogP contribution is -2.04. The number of para-hydroxylation sites is 3. The molecule has 0 saturated carbocycles. The Morgan fingerprint density at radius 3 is 2.62 bits per heavy atom. The van der Waals surface area contributed by atoms with Crippen LogP contribution in [-0.2, 0) is 12.2 Å². The third kappa shape index (κ3) is 3.49. The van der Waals surface area contributed by atoms with Gasteiger partial charge in [-0.25, -0.2) is 4.98 Å². The van der Waals surface area contributed by atoms with Crippen LogP contribution in [0.5, 0.6) is 0 Å². The molecule has 2 N–H and O–H groups in total. The van der Waals surface area contributed by atoms with Crippen LogP contribution in [0, 0.1) is 0 Å². The molecule has 0 saturated heterocycles. The standard InChI is InChI=1S/C19H19N5OS/c25-12-6-11-18-22-23-19(24(18)14-7-2-1-3-8-14)26-13-17-20-15-9-4-5-10-16(15)21-17/h1-5,7-10,25H,6,11-13H2,(H,20,21). The molecule has 6 nitrogen and oxygen atoms in total. The van der Waals surface area contributed by atoms with Crippen LogP contribution < -0.4 is 0 Å². The fourth-order valence-corrected chi connectivity index (χ4v) is 3.68. The summed E-state index contributed by atoms with van der Waals surface area (Å²) in [4.78, 5) is 7.96. The van der Waals surface area contributed by atoms with E-state index in [4.69, 9.17) is 5.11 Å². The van der Waals surface area contributed by atoms with E-state index in [9.17, 15) is 0 Å². The number of aromatic nitrogens is 5. The van der Waals surface area contributed by atoms with Gasteiger partial charge in [0.15, 0.2) is 5.16 Å². The molecule has 4 rings (SSSR count). The minimum atomic E-state index is 0.142. The second-order valence-corrected chi connectivity index (χ2v) is 6.83. The molecule has 2 aromatic carbocycles. The first-order chi connectivity index (χ1) is 12.8. The number of benzene rings is 2. The van der Waals surface area contributed by atoms with Gasteiger partial charge in [0, 0.05) is 18.7 Å². The molecule has 2 heterocycles. The van der Waals surface area contributed by atoms with Gasteiger partial charge in [-0.05, 0) is 30.7 Å². The number of nitrogens with zero attached hydrogens (tertiary/aromatic N) is 4. The quantitative estimate of drug-likeness (QED) is 0.491. The summed E-state index contributed by atoms with van der Waals surface area (Å²) in [6.07, 6.45) is 1.35. The number of aromatic amines is 1. The Labute approximate surface area is 155 Å². The number of aryl methyl sites for hydroxylation is 1. The zero-order valence-corrected chi connectivity index (χ0v) is 15.0. The molecule has 0 radical (unpaired) electrons. The van der Waals surface area contributed by atoms with Crippen molar-refractivity contribution in [3.63, 3.8) is 0 Å². The van der Waals surface area contributed by atoms with Gasteiger partial charge in [-0.2, -0.15) is 0 Å². The lowest BCUT2D eigenvalue weighted by molar-refractivity contribution is 0.287. The van der Waals surface area contributed by atoms with Crippen LogP contribution in [-0.4, -0.2) is 36.4 Å². The van der Waals surface area contributed by atoms with E-state index in [1.165, 1.54) is 0 Å². The van der Waals surface area contributed by atoms with E-state index in [-0.39, 0.29) is 6.61 Å². The molecule has 0 unspecified atom stereocenters. The van der Waals surface area contributed by atoms with E-state index in [0.717, 1.165) is 33.5 Å². The molecule has 2 aromatic heterocycles. The molecular formula is C19H19N5OS. The Balaban J connectivity index is 1.60. The summed E-state index contributed by atoms with van der Waals surface area (Å²) in [5.74, 6) is 2.45. The molecule has 0 aliphatic heterocycles. The average Bonchev–Trinajstić information content (AvgIpc) is 3.28. The third-order valence-corrected chi connectivity index (χ3v) is 4.99. The van der Waals surface area contributed by atoms with Gasteiger partial charge in [-0.15, -0.1) is 10.2 Å². The van der Waals surface area contributed by atoms with Gasteiger partial charge in [-0.3, -0.25) is 4.57 Å². The molecule has 0 bridgehead atoms.